The van der Waals surface area contributed by atoms with E-state index in [1.165, 1.54) is 25.7 Å². The molecular formula is C13H25N5. The number of hydrogen-bond donors (Lipinski definition) is 1. The predicted molar refractivity (Wildman–Crippen MR) is 72.0 cm³/mol. The highest BCUT2D eigenvalue weighted by Crippen LogP contribution is 2.25. The maximum atomic E-state index is 6.03. The van der Waals surface area contributed by atoms with Crippen LogP contribution in [0.5, 0.6) is 0 Å². The molecule has 0 aromatic carbocycles. The van der Waals surface area contributed by atoms with E-state index in [-0.39, 0.29) is 5.54 Å². The molecule has 0 spiro atoms. The first-order valence-electron chi connectivity index (χ1n) is 7.01. The number of unbranched alkanes of at least 4 members (excludes halogenated alkanes) is 2. The molecule has 1 unspecified atom stereocenters. The van der Waals surface area contributed by atoms with E-state index < -0.39 is 0 Å². The van der Waals surface area contributed by atoms with Crippen molar-refractivity contribution in [3.63, 3.8) is 0 Å². The zero-order valence-electron chi connectivity index (χ0n) is 11.6. The summed E-state index contributed by atoms with van der Waals surface area (Å²) in [5, 5.41) is 8.16. The Morgan fingerprint density at radius 2 is 2.22 bits per heavy atom. The van der Waals surface area contributed by atoms with Crippen LogP contribution in [-0.4, -0.2) is 38.3 Å². The van der Waals surface area contributed by atoms with E-state index in [0.717, 1.165) is 25.5 Å². The average Bonchev–Trinajstić information content (AvgIpc) is 2.86. The highest BCUT2D eigenvalue weighted by Gasteiger charge is 2.32. The SMILES string of the molecule is CCCCCC(C)(CN)N1CCn2cnnc2C1. The van der Waals surface area contributed by atoms with Crippen molar-refractivity contribution < 1.29 is 0 Å². The molecule has 102 valence electrons. The second-order valence-electron chi connectivity index (χ2n) is 5.52. The number of aromatic nitrogens is 3. The number of nitrogens with two attached hydrogens (primary N) is 1. The van der Waals surface area contributed by atoms with Crippen LogP contribution in [0.1, 0.15) is 45.4 Å². The molecule has 5 nitrogen and oxygen atoms in total. The van der Waals surface area contributed by atoms with Crippen molar-refractivity contribution in [1.82, 2.24) is 19.7 Å². The van der Waals surface area contributed by atoms with E-state index in [1.54, 1.807) is 0 Å². The van der Waals surface area contributed by atoms with Crippen molar-refractivity contribution >= 4 is 0 Å². The standard InChI is InChI=1S/C13H25N5/c1-3-4-5-6-13(2,10-14)18-8-7-17-11-15-16-12(17)9-18/h11H,3-10,14H2,1-2H3. The molecule has 5 heteroatoms. The van der Waals surface area contributed by atoms with Gasteiger partial charge in [0.1, 0.15) is 12.2 Å². The highest BCUT2D eigenvalue weighted by molar-refractivity contribution is 4.96. The number of hydrogen-bond acceptors (Lipinski definition) is 4. The van der Waals surface area contributed by atoms with Gasteiger partial charge in [0.25, 0.3) is 0 Å². The molecule has 0 saturated carbocycles. The molecule has 18 heavy (non-hydrogen) atoms. The number of fused-ring (bicyclic) bond motifs is 1. The van der Waals surface area contributed by atoms with Crippen LogP contribution in [0.4, 0.5) is 0 Å². The number of rotatable bonds is 6. The van der Waals surface area contributed by atoms with Gasteiger partial charge in [0.15, 0.2) is 0 Å². The van der Waals surface area contributed by atoms with E-state index >= 15 is 0 Å². The van der Waals surface area contributed by atoms with Gasteiger partial charge in [0.2, 0.25) is 0 Å². The maximum Gasteiger partial charge on any atom is 0.147 e. The van der Waals surface area contributed by atoms with Gasteiger partial charge in [-0.2, -0.15) is 0 Å². The molecule has 1 atom stereocenters. The molecule has 0 saturated heterocycles. The van der Waals surface area contributed by atoms with Crippen molar-refractivity contribution in [2.75, 3.05) is 13.1 Å². The Morgan fingerprint density at radius 1 is 1.39 bits per heavy atom. The lowest BCUT2D eigenvalue weighted by Crippen LogP contribution is -2.54. The Labute approximate surface area is 109 Å². The van der Waals surface area contributed by atoms with Gasteiger partial charge >= 0.3 is 0 Å². The zero-order chi connectivity index (χ0) is 13.0. The second-order valence-corrected chi connectivity index (χ2v) is 5.52. The average molecular weight is 251 g/mol. The van der Waals surface area contributed by atoms with Gasteiger partial charge in [0, 0.05) is 25.2 Å². The smallest absolute Gasteiger partial charge is 0.147 e. The van der Waals surface area contributed by atoms with Gasteiger partial charge in [-0.1, -0.05) is 26.2 Å². The monoisotopic (exact) mass is 251 g/mol. The van der Waals surface area contributed by atoms with Crippen LogP contribution >= 0.6 is 0 Å². The summed E-state index contributed by atoms with van der Waals surface area (Å²) in [6.07, 6.45) is 6.80. The first-order valence-corrected chi connectivity index (χ1v) is 7.01. The van der Waals surface area contributed by atoms with Crippen LogP contribution in [-0.2, 0) is 13.1 Å². The van der Waals surface area contributed by atoms with Crippen LogP contribution in [0, 0.1) is 0 Å². The summed E-state index contributed by atoms with van der Waals surface area (Å²) in [5.74, 6) is 1.07. The van der Waals surface area contributed by atoms with Gasteiger partial charge in [-0.05, 0) is 13.3 Å². The Kier molecular flexibility index (Phi) is 4.35. The normalized spacial score (nSPS) is 19.5. The van der Waals surface area contributed by atoms with Gasteiger partial charge < -0.3 is 10.3 Å². The zero-order valence-corrected chi connectivity index (χ0v) is 11.6. The van der Waals surface area contributed by atoms with E-state index in [0.29, 0.717) is 6.54 Å². The molecule has 1 aliphatic rings. The third-order valence-electron chi connectivity index (χ3n) is 4.16. The topological polar surface area (TPSA) is 60.0 Å². The molecule has 0 bridgehead atoms. The lowest BCUT2D eigenvalue weighted by atomic mass is 9.91. The fraction of sp³-hybridized carbons (Fsp3) is 0.846. The minimum absolute atomic E-state index is 0.104. The molecule has 1 aliphatic heterocycles. The summed E-state index contributed by atoms with van der Waals surface area (Å²) in [5.41, 5.74) is 6.13. The fourth-order valence-electron chi connectivity index (χ4n) is 2.67. The lowest BCUT2D eigenvalue weighted by Gasteiger charge is -2.42. The number of nitrogens with zero attached hydrogens (tertiary/aromatic N) is 4. The Morgan fingerprint density at radius 3 is 2.94 bits per heavy atom. The summed E-state index contributed by atoms with van der Waals surface area (Å²) in [4.78, 5) is 2.48. The third kappa shape index (κ3) is 2.72. The van der Waals surface area contributed by atoms with Crippen molar-refractivity contribution in [2.45, 2.75) is 58.2 Å². The molecule has 0 radical (unpaired) electrons. The molecule has 0 fully saturated rings. The largest absolute Gasteiger partial charge is 0.329 e. The summed E-state index contributed by atoms with van der Waals surface area (Å²) in [7, 11) is 0. The summed E-state index contributed by atoms with van der Waals surface area (Å²) in [6, 6.07) is 0. The van der Waals surface area contributed by atoms with E-state index in [9.17, 15) is 0 Å². The van der Waals surface area contributed by atoms with Crippen molar-refractivity contribution in [3.8, 4) is 0 Å². The Hall–Kier alpha value is -0.940. The van der Waals surface area contributed by atoms with Gasteiger partial charge in [-0.25, -0.2) is 0 Å². The van der Waals surface area contributed by atoms with E-state index in [1.807, 2.05) is 6.33 Å². The molecule has 0 aliphatic carbocycles. The molecule has 1 aromatic rings. The Bertz CT molecular complexity index is 375. The first kappa shape index (κ1) is 13.5. The molecular weight excluding hydrogens is 226 g/mol. The third-order valence-corrected chi connectivity index (χ3v) is 4.16. The van der Waals surface area contributed by atoms with Crippen LogP contribution < -0.4 is 5.73 Å². The second kappa shape index (κ2) is 5.80. The quantitative estimate of drug-likeness (QED) is 0.776. The first-order chi connectivity index (χ1) is 8.69. The van der Waals surface area contributed by atoms with Crippen LogP contribution in [0.15, 0.2) is 6.33 Å². The molecule has 2 N–H and O–H groups in total. The van der Waals surface area contributed by atoms with Crippen molar-refractivity contribution in [2.24, 2.45) is 5.73 Å². The summed E-state index contributed by atoms with van der Waals surface area (Å²) in [6.45, 7) is 8.14. The van der Waals surface area contributed by atoms with E-state index in [2.05, 4.69) is 33.5 Å². The highest BCUT2D eigenvalue weighted by atomic mass is 15.3. The minimum Gasteiger partial charge on any atom is -0.329 e. The van der Waals surface area contributed by atoms with Gasteiger partial charge in [0.05, 0.1) is 6.54 Å². The van der Waals surface area contributed by atoms with Crippen molar-refractivity contribution in [1.29, 1.82) is 0 Å². The molecule has 1 aromatic heterocycles. The minimum atomic E-state index is 0.104. The van der Waals surface area contributed by atoms with Crippen LogP contribution in [0.2, 0.25) is 0 Å². The van der Waals surface area contributed by atoms with Gasteiger partial charge in [-0.15, -0.1) is 10.2 Å². The predicted octanol–water partition coefficient (Wildman–Crippen LogP) is 1.39. The fourth-order valence-corrected chi connectivity index (χ4v) is 2.67. The summed E-state index contributed by atoms with van der Waals surface area (Å²) >= 11 is 0. The lowest BCUT2D eigenvalue weighted by molar-refractivity contribution is 0.0678. The Balaban J connectivity index is 2.00. The molecule has 2 rings (SSSR count). The van der Waals surface area contributed by atoms with Crippen molar-refractivity contribution in [3.05, 3.63) is 12.2 Å². The van der Waals surface area contributed by atoms with E-state index in [4.69, 9.17) is 5.73 Å². The maximum absolute atomic E-state index is 6.03. The molecule has 0 amide bonds. The molecule has 2 heterocycles. The van der Waals surface area contributed by atoms with Crippen LogP contribution in [0.25, 0.3) is 0 Å². The van der Waals surface area contributed by atoms with Crippen LogP contribution in [0.3, 0.4) is 0 Å². The summed E-state index contributed by atoms with van der Waals surface area (Å²) < 4.78 is 2.14. The van der Waals surface area contributed by atoms with Gasteiger partial charge in [-0.3, -0.25) is 4.90 Å².